The number of ether oxygens (including phenoxy) is 2. The molecule has 1 N–H and O–H groups in total. The second kappa shape index (κ2) is 13.5. The summed E-state index contributed by atoms with van der Waals surface area (Å²) in [5.74, 6) is 1.74. The number of benzene rings is 2. The third-order valence-electron chi connectivity index (χ3n) is 10.3. The van der Waals surface area contributed by atoms with E-state index in [2.05, 4.69) is 94.8 Å². The maximum Gasteiger partial charge on any atom is 0.408 e. The number of methoxy groups -OCH3 is 1. The van der Waals surface area contributed by atoms with E-state index in [1.807, 2.05) is 39.1 Å². The monoisotopic (exact) mass is 705 g/mol. The van der Waals surface area contributed by atoms with E-state index in [1.54, 1.807) is 7.11 Å². The summed E-state index contributed by atoms with van der Waals surface area (Å²) in [6.45, 7) is 26.8. The second-order valence-electron chi connectivity index (χ2n) is 16.9. The largest absolute Gasteiger partial charge is 1.00 e. The van der Waals surface area contributed by atoms with Gasteiger partial charge in [-0.15, -0.1) is 6.58 Å². The fourth-order valence-corrected chi connectivity index (χ4v) is 7.78. The molecule has 7 heteroatoms. The van der Waals surface area contributed by atoms with E-state index in [-0.39, 0.29) is 39.9 Å². The zero-order chi connectivity index (χ0) is 33.7. The zero-order valence-electron chi connectivity index (χ0n) is 30.2. The zero-order valence-corrected chi connectivity index (χ0v) is 31.8. The summed E-state index contributed by atoms with van der Waals surface area (Å²) in [7, 11) is 1.69. The van der Waals surface area contributed by atoms with Crippen molar-refractivity contribution in [2.24, 2.45) is 11.8 Å². The topological polar surface area (TPSA) is 60.5 Å². The summed E-state index contributed by atoms with van der Waals surface area (Å²) in [6.07, 6.45) is 5.81. The van der Waals surface area contributed by atoms with Gasteiger partial charge in [-0.05, 0) is 90.6 Å². The van der Waals surface area contributed by atoms with E-state index in [0.29, 0.717) is 11.8 Å². The summed E-state index contributed by atoms with van der Waals surface area (Å²) in [6, 6.07) is 15.2. The highest BCUT2D eigenvalue weighted by Crippen LogP contribution is 2.48. The van der Waals surface area contributed by atoms with Gasteiger partial charge in [-0.3, -0.25) is 4.98 Å². The van der Waals surface area contributed by atoms with Crippen molar-refractivity contribution in [1.29, 1.82) is 0 Å². The van der Waals surface area contributed by atoms with Crippen LogP contribution in [0.25, 0.3) is 10.9 Å². The summed E-state index contributed by atoms with van der Waals surface area (Å²) in [5, 5.41) is 4.41. The molecule has 6 rings (SSSR count). The van der Waals surface area contributed by atoms with Crippen molar-refractivity contribution in [2.75, 3.05) is 20.2 Å². The Hall–Kier alpha value is -2.90. The molecule has 2 bridgehead atoms. The molecule has 4 heterocycles. The number of aromatic nitrogens is 1. The van der Waals surface area contributed by atoms with Crippen LogP contribution in [0.15, 0.2) is 61.3 Å². The van der Waals surface area contributed by atoms with Crippen molar-refractivity contribution in [1.82, 2.24) is 10.3 Å². The number of hydrogen-bond acceptors (Lipinski definition) is 4. The van der Waals surface area contributed by atoms with Crippen LogP contribution in [0.1, 0.15) is 103 Å². The Morgan fingerprint density at radius 2 is 1.68 bits per heavy atom. The molecule has 3 fully saturated rings. The number of hydrogen-bond donors (Lipinski definition) is 1. The van der Waals surface area contributed by atoms with Crippen LogP contribution in [0.5, 0.6) is 5.75 Å². The fourth-order valence-electron chi connectivity index (χ4n) is 7.78. The van der Waals surface area contributed by atoms with Gasteiger partial charge >= 0.3 is 6.09 Å². The maximum absolute atomic E-state index is 13.6. The number of nitrogens with one attached hydrogen (secondary N) is 1. The van der Waals surface area contributed by atoms with Crippen molar-refractivity contribution in [2.45, 2.75) is 110 Å². The van der Waals surface area contributed by atoms with Gasteiger partial charge in [-0.1, -0.05) is 53.7 Å². The average molecular weight is 707 g/mol. The molecule has 0 aliphatic carbocycles. The van der Waals surface area contributed by atoms with Gasteiger partial charge in [0.2, 0.25) is 0 Å². The fraction of sp³-hybridized carbons (Fsp3) is 0.550. The Kier molecular flexibility index (Phi) is 10.6. The van der Waals surface area contributed by atoms with E-state index in [1.165, 1.54) is 16.7 Å². The lowest BCUT2D eigenvalue weighted by Crippen LogP contribution is -3.00. The Bertz CT molecular complexity index is 1570. The van der Waals surface area contributed by atoms with E-state index in [0.717, 1.165) is 59.2 Å². The molecule has 6 nitrogen and oxygen atoms in total. The lowest BCUT2D eigenvalue weighted by molar-refractivity contribution is -0.983. The van der Waals surface area contributed by atoms with Crippen LogP contribution >= 0.6 is 0 Å². The Morgan fingerprint density at radius 1 is 1.02 bits per heavy atom. The minimum Gasteiger partial charge on any atom is -1.00 e. The van der Waals surface area contributed by atoms with Gasteiger partial charge in [-0.2, -0.15) is 0 Å². The number of piperidine rings is 3. The van der Waals surface area contributed by atoms with Crippen LogP contribution < -0.4 is 27.0 Å². The van der Waals surface area contributed by atoms with Gasteiger partial charge in [0.1, 0.15) is 30.0 Å². The van der Waals surface area contributed by atoms with Crippen LogP contribution in [0.3, 0.4) is 0 Å². The number of pyridine rings is 1. The first-order valence-electron chi connectivity index (χ1n) is 17.0. The molecule has 0 saturated carbocycles. The van der Waals surface area contributed by atoms with Crippen LogP contribution in [0, 0.1) is 11.8 Å². The second-order valence-corrected chi connectivity index (χ2v) is 16.9. The number of carbonyl (C=O) groups excluding carboxylic acids is 1. The summed E-state index contributed by atoms with van der Waals surface area (Å²) < 4.78 is 12.4. The smallest absolute Gasteiger partial charge is 0.408 e. The standard InChI is InChI=1S/C40H55N3O3.BrH/c1-12-27-25-43(24-26-19-29(38(2,3)4)22-30(20-26)39(5,6)7)18-16-28(27)21-35(43)36(42-37(44)46-40(8,9)10)32-15-17-41-34-14-13-31(45-11)23-33(32)34;/h12-15,17,19-20,22-23,27-28,35-36H,1,16,18,21,24-25H2,2-11H3;1H/t27?,28?,35?,36?,43-;/m1./s1. The molecule has 2 aromatic carbocycles. The molecule has 3 aliphatic heterocycles. The first kappa shape index (κ1) is 36.9. The highest BCUT2D eigenvalue weighted by Gasteiger charge is 2.55. The molecule has 4 unspecified atom stereocenters. The predicted octanol–water partition coefficient (Wildman–Crippen LogP) is 6.02. The molecule has 5 atom stereocenters. The quantitative estimate of drug-likeness (QED) is 0.241. The molecule has 1 aromatic heterocycles. The first-order chi connectivity index (χ1) is 21.4. The number of nitrogens with zero attached hydrogens (tertiary/aromatic N) is 2. The van der Waals surface area contributed by atoms with Crippen LogP contribution in [-0.4, -0.2) is 47.4 Å². The Balaban J connectivity index is 0.00000500. The number of fused-ring (bicyclic) bond motifs is 4. The molecule has 256 valence electrons. The van der Waals surface area contributed by atoms with E-state index in [9.17, 15) is 4.79 Å². The van der Waals surface area contributed by atoms with Crippen molar-refractivity contribution in [3.05, 3.63) is 83.6 Å². The Morgan fingerprint density at radius 3 is 2.26 bits per heavy atom. The van der Waals surface area contributed by atoms with Gasteiger partial charge in [0.25, 0.3) is 0 Å². The van der Waals surface area contributed by atoms with Crippen LogP contribution in [0.2, 0.25) is 0 Å². The molecule has 3 saturated heterocycles. The van der Waals surface area contributed by atoms with Crippen molar-refractivity contribution in [3.63, 3.8) is 0 Å². The summed E-state index contributed by atoms with van der Waals surface area (Å²) >= 11 is 0. The SMILES string of the molecule is C=CC1C[N@+]2(Cc3cc(C(C)(C)C)cc(C(C)(C)C)c3)CCC1CC2C(NC(=O)OC(C)(C)C)c1ccnc2ccc(OC)cc12.[Br-]. The number of amides is 1. The maximum atomic E-state index is 13.6. The van der Waals surface area contributed by atoms with Crippen LogP contribution in [-0.2, 0) is 22.1 Å². The number of halogens is 1. The summed E-state index contributed by atoms with van der Waals surface area (Å²) in [4.78, 5) is 18.3. The van der Waals surface area contributed by atoms with Gasteiger partial charge in [0.05, 0.1) is 25.7 Å². The van der Waals surface area contributed by atoms with Crippen molar-refractivity contribution >= 4 is 17.0 Å². The Labute approximate surface area is 293 Å². The normalized spacial score (nSPS) is 23.5. The van der Waals surface area contributed by atoms with E-state index < -0.39 is 11.7 Å². The number of rotatable bonds is 7. The van der Waals surface area contributed by atoms with E-state index in [4.69, 9.17) is 9.47 Å². The first-order valence-corrected chi connectivity index (χ1v) is 17.0. The molecule has 1 amide bonds. The highest BCUT2D eigenvalue weighted by atomic mass is 79.9. The van der Waals surface area contributed by atoms with Crippen LogP contribution in [0.4, 0.5) is 4.79 Å². The molecule has 0 spiro atoms. The summed E-state index contributed by atoms with van der Waals surface area (Å²) in [5.41, 5.74) is 5.49. The van der Waals surface area contributed by atoms with Gasteiger partial charge in [0, 0.05) is 35.9 Å². The molecule has 0 radical (unpaired) electrons. The number of quaternary nitrogens is 1. The highest BCUT2D eigenvalue weighted by molar-refractivity contribution is 5.84. The average Bonchev–Trinajstić information content (AvgIpc) is 2.97. The van der Waals surface area contributed by atoms with E-state index >= 15 is 0 Å². The molecular weight excluding hydrogens is 650 g/mol. The lowest BCUT2D eigenvalue weighted by Gasteiger charge is -2.59. The number of carbonyl (C=O) groups is 1. The van der Waals surface area contributed by atoms with Gasteiger partial charge < -0.3 is 36.3 Å². The van der Waals surface area contributed by atoms with Crippen molar-refractivity contribution < 1.29 is 35.7 Å². The number of alkyl carbamates (subject to hydrolysis) is 1. The predicted molar refractivity (Wildman–Crippen MR) is 188 cm³/mol. The molecule has 3 aromatic rings. The third kappa shape index (κ3) is 8.05. The minimum absolute atomic E-state index is 0. The van der Waals surface area contributed by atoms with Gasteiger partial charge in [0.15, 0.2) is 0 Å². The third-order valence-corrected chi connectivity index (χ3v) is 10.3. The minimum atomic E-state index is -0.610. The lowest BCUT2D eigenvalue weighted by atomic mass is 9.70. The molecule has 47 heavy (non-hydrogen) atoms. The van der Waals surface area contributed by atoms with Gasteiger partial charge in [-0.25, -0.2) is 4.79 Å². The van der Waals surface area contributed by atoms with Crippen molar-refractivity contribution in [3.8, 4) is 5.75 Å². The molecular formula is C40H56BrN3O3. The molecule has 3 aliphatic rings.